The molecule has 1 saturated carbocycles. The van der Waals surface area contributed by atoms with Crippen LogP contribution in [0, 0.1) is 5.92 Å². The summed E-state index contributed by atoms with van der Waals surface area (Å²) in [5.41, 5.74) is 7.65. The largest absolute Gasteiger partial charge is 0.324 e. The van der Waals surface area contributed by atoms with Gasteiger partial charge in [-0.3, -0.25) is 0 Å². The summed E-state index contributed by atoms with van der Waals surface area (Å²) in [6.07, 6.45) is 6.64. The number of sulfonamides is 1. The van der Waals surface area contributed by atoms with Crippen molar-refractivity contribution in [2.45, 2.75) is 30.7 Å². The molecule has 0 radical (unpaired) electrons. The van der Waals surface area contributed by atoms with Crippen molar-refractivity contribution in [2.75, 3.05) is 0 Å². The minimum Gasteiger partial charge on any atom is -0.324 e. The number of benzene rings is 1. The van der Waals surface area contributed by atoms with Crippen molar-refractivity contribution in [3.63, 3.8) is 0 Å². The van der Waals surface area contributed by atoms with E-state index in [0.717, 1.165) is 11.1 Å². The van der Waals surface area contributed by atoms with Gasteiger partial charge in [0.2, 0.25) is 10.0 Å². The van der Waals surface area contributed by atoms with Crippen molar-refractivity contribution in [3.05, 3.63) is 35.4 Å². The van der Waals surface area contributed by atoms with E-state index in [-0.39, 0.29) is 10.9 Å². The Labute approximate surface area is 108 Å². The first-order valence-corrected chi connectivity index (χ1v) is 7.53. The molecule has 0 saturated heterocycles. The average molecular weight is 266 g/mol. The van der Waals surface area contributed by atoms with E-state index < -0.39 is 10.0 Å². The van der Waals surface area contributed by atoms with Gasteiger partial charge in [-0.05, 0) is 48.9 Å². The quantitative estimate of drug-likeness (QED) is 0.871. The number of hydrogen-bond donors (Lipinski definition) is 2. The number of rotatable bonds is 4. The second kappa shape index (κ2) is 4.84. The van der Waals surface area contributed by atoms with E-state index >= 15 is 0 Å². The first kappa shape index (κ1) is 13.3. The molecule has 1 aromatic carbocycles. The predicted molar refractivity (Wildman–Crippen MR) is 72.2 cm³/mol. The van der Waals surface area contributed by atoms with Crippen LogP contribution >= 0.6 is 0 Å². The zero-order valence-corrected chi connectivity index (χ0v) is 11.2. The Bertz CT molecular complexity index is 573. The molecular weight excluding hydrogens is 248 g/mol. The molecule has 0 spiro atoms. The molecule has 5 heteroatoms. The third-order valence-electron chi connectivity index (χ3n) is 3.05. The highest BCUT2D eigenvalue weighted by Gasteiger charge is 2.18. The molecule has 1 aliphatic rings. The fourth-order valence-corrected chi connectivity index (χ4v) is 2.35. The molecule has 1 fully saturated rings. The van der Waals surface area contributed by atoms with E-state index in [9.17, 15) is 8.42 Å². The summed E-state index contributed by atoms with van der Waals surface area (Å²) in [5, 5.41) is 5.12. The summed E-state index contributed by atoms with van der Waals surface area (Å²) in [6, 6.07) is 4.61. The number of allylic oxidation sites excluding steroid dienone is 1. The van der Waals surface area contributed by atoms with Crippen LogP contribution in [0.4, 0.5) is 0 Å². The van der Waals surface area contributed by atoms with Crippen molar-refractivity contribution in [1.82, 2.24) is 0 Å². The number of hydrogen-bond acceptors (Lipinski definition) is 3. The highest BCUT2D eigenvalue weighted by Crippen LogP contribution is 2.31. The lowest BCUT2D eigenvalue weighted by atomic mass is 10.0. The molecule has 0 amide bonds. The lowest BCUT2D eigenvalue weighted by Gasteiger charge is -2.11. The highest BCUT2D eigenvalue weighted by atomic mass is 32.2. The van der Waals surface area contributed by atoms with E-state index in [2.05, 4.69) is 6.08 Å². The number of nitrogens with two attached hydrogens (primary N) is 2. The predicted octanol–water partition coefficient (Wildman–Crippen LogP) is 1.78. The minimum absolute atomic E-state index is 0.110. The smallest absolute Gasteiger partial charge is 0.238 e. The summed E-state index contributed by atoms with van der Waals surface area (Å²) >= 11 is 0. The maximum atomic E-state index is 11.3. The van der Waals surface area contributed by atoms with E-state index in [1.807, 2.05) is 13.0 Å². The van der Waals surface area contributed by atoms with Crippen LogP contribution in [0.5, 0.6) is 0 Å². The zero-order valence-electron chi connectivity index (χ0n) is 10.3. The molecular formula is C13H18N2O2S. The summed E-state index contributed by atoms with van der Waals surface area (Å²) < 4.78 is 22.6. The Morgan fingerprint density at radius 3 is 2.56 bits per heavy atom. The summed E-state index contributed by atoms with van der Waals surface area (Å²) in [5.74, 6) is 0.670. The third-order valence-corrected chi connectivity index (χ3v) is 3.96. The minimum atomic E-state index is -3.67. The van der Waals surface area contributed by atoms with Gasteiger partial charge in [0.05, 0.1) is 4.90 Å². The van der Waals surface area contributed by atoms with Gasteiger partial charge in [-0.2, -0.15) is 0 Å². The molecule has 1 atom stereocenters. The van der Waals surface area contributed by atoms with Crippen molar-refractivity contribution >= 4 is 16.1 Å². The van der Waals surface area contributed by atoms with Crippen molar-refractivity contribution in [2.24, 2.45) is 16.8 Å². The van der Waals surface area contributed by atoms with Crippen LogP contribution in [0.25, 0.3) is 6.08 Å². The zero-order chi connectivity index (χ0) is 13.3. The van der Waals surface area contributed by atoms with Crippen LogP contribution in [0.15, 0.2) is 29.2 Å². The number of primary sulfonamides is 1. The Balaban J connectivity index is 2.40. The second-order valence-electron chi connectivity index (χ2n) is 4.82. The Hall–Kier alpha value is -1.17. The van der Waals surface area contributed by atoms with Gasteiger partial charge in [-0.15, -0.1) is 0 Å². The van der Waals surface area contributed by atoms with E-state index in [0.29, 0.717) is 5.92 Å². The summed E-state index contributed by atoms with van der Waals surface area (Å²) in [4.78, 5) is 0.110. The fraction of sp³-hybridized carbons (Fsp3) is 0.385. The molecule has 18 heavy (non-hydrogen) atoms. The van der Waals surface area contributed by atoms with E-state index in [4.69, 9.17) is 10.9 Å². The van der Waals surface area contributed by atoms with Crippen LogP contribution in [-0.4, -0.2) is 8.42 Å². The molecule has 0 aromatic heterocycles. The topological polar surface area (TPSA) is 86.2 Å². The van der Waals surface area contributed by atoms with Crippen molar-refractivity contribution in [1.29, 1.82) is 0 Å². The van der Waals surface area contributed by atoms with Gasteiger partial charge in [0.1, 0.15) is 0 Å². The normalized spacial score (nSPS) is 18.2. The maximum absolute atomic E-state index is 11.3. The molecule has 0 aliphatic heterocycles. The maximum Gasteiger partial charge on any atom is 0.238 e. The molecule has 0 bridgehead atoms. The highest BCUT2D eigenvalue weighted by molar-refractivity contribution is 7.89. The molecule has 1 aromatic rings. The van der Waals surface area contributed by atoms with Crippen LogP contribution in [0.1, 0.15) is 36.9 Å². The van der Waals surface area contributed by atoms with E-state index in [1.165, 1.54) is 18.9 Å². The molecule has 0 heterocycles. The van der Waals surface area contributed by atoms with Crippen LogP contribution in [0.3, 0.4) is 0 Å². The van der Waals surface area contributed by atoms with Gasteiger partial charge in [-0.1, -0.05) is 18.2 Å². The van der Waals surface area contributed by atoms with Gasteiger partial charge in [-0.25, -0.2) is 13.6 Å². The van der Waals surface area contributed by atoms with Crippen LogP contribution < -0.4 is 10.9 Å². The first-order valence-electron chi connectivity index (χ1n) is 5.98. The molecule has 98 valence electrons. The van der Waals surface area contributed by atoms with Crippen LogP contribution in [-0.2, 0) is 10.0 Å². The molecule has 1 aliphatic carbocycles. The molecule has 2 rings (SSSR count). The Kier molecular flexibility index (Phi) is 3.56. The third kappa shape index (κ3) is 3.19. The SMILES string of the molecule is C[C@H](N)c1cc(S(N)(=O)=O)ccc1/C=C/C1CC1. The van der Waals surface area contributed by atoms with Crippen molar-refractivity contribution in [3.8, 4) is 0 Å². The summed E-state index contributed by atoms with van der Waals surface area (Å²) in [7, 11) is -3.67. The molecule has 4 nitrogen and oxygen atoms in total. The molecule has 4 N–H and O–H groups in total. The second-order valence-corrected chi connectivity index (χ2v) is 6.38. The van der Waals surface area contributed by atoms with Gasteiger partial charge in [0, 0.05) is 6.04 Å². The summed E-state index contributed by atoms with van der Waals surface area (Å²) in [6.45, 7) is 1.83. The monoisotopic (exact) mass is 266 g/mol. The fourth-order valence-electron chi connectivity index (χ4n) is 1.80. The van der Waals surface area contributed by atoms with Gasteiger partial charge in [0.15, 0.2) is 0 Å². The lowest BCUT2D eigenvalue weighted by Crippen LogP contribution is -2.14. The average Bonchev–Trinajstić information content (AvgIpc) is 3.08. The molecule has 0 unspecified atom stereocenters. The Morgan fingerprint density at radius 1 is 1.39 bits per heavy atom. The van der Waals surface area contributed by atoms with Crippen LogP contribution in [0.2, 0.25) is 0 Å². The van der Waals surface area contributed by atoms with Gasteiger partial charge >= 0.3 is 0 Å². The first-order chi connectivity index (χ1) is 8.38. The van der Waals surface area contributed by atoms with E-state index in [1.54, 1.807) is 12.1 Å². The van der Waals surface area contributed by atoms with Gasteiger partial charge in [0.25, 0.3) is 0 Å². The standard InChI is InChI=1S/C13H18N2O2S/c1-9(14)13-8-12(18(15,16)17)7-6-11(13)5-4-10-2-3-10/h4-10H,2-3,14H2,1H3,(H2,15,16,17)/b5-4+/t9-/m0/s1. The van der Waals surface area contributed by atoms with Gasteiger partial charge < -0.3 is 5.73 Å². The lowest BCUT2D eigenvalue weighted by molar-refractivity contribution is 0.597. The van der Waals surface area contributed by atoms with Crippen molar-refractivity contribution < 1.29 is 8.42 Å². The Morgan fingerprint density at radius 2 is 2.06 bits per heavy atom.